The maximum absolute atomic E-state index is 4.42. The van der Waals surface area contributed by atoms with Crippen molar-refractivity contribution in [2.45, 2.75) is 31.8 Å². The van der Waals surface area contributed by atoms with E-state index < -0.39 is 0 Å². The molecule has 1 aliphatic carbocycles. The fraction of sp³-hybridized carbons (Fsp3) is 0.500. The van der Waals surface area contributed by atoms with Crippen LogP contribution in [0.4, 0.5) is 0 Å². The van der Waals surface area contributed by atoms with E-state index in [-0.39, 0.29) is 5.16 Å². The Labute approximate surface area is 81.0 Å². The minimum absolute atomic E-state index is 0.159. The number of allylic oxidation sites excluding steroid dienone is 1. The summed E-state index contributed by atoms with van der Waals surface area (Å²) >= 11 is 0. The Morgan fingerprint density at radius 3 is 3.00 bits per heavy atom. The van der Waals surface area contributed by atoms with Gasteiger partial charge in [0.05, 0.1) is 5.69 Å². The van der Waals surface area contributed by atoms with Gasteiger partial charge in [0.25, 0.3) is 0 Å². The van der Waals surface area contributed by atoms with Gasteiger partial charge in [-0.25, -0.2) is 4.98 Å². The van der Waals surface area contributed by atoms with Crippen LogP contribution in [0.2, 0.25) is 0 Å². The Morgan fingerprint density at radius 2 is 2.31 bits per heavy atom. The van der Waals surface area contributed by atoms with E-state index in [0.29, 0.717) is 5.92 Å². The summed E-state index contributed by atoms with van der Waals surface area (Å²) in [7, 11) is 2.90. The molecular weight excluding hydrogens is 179 g/mol. The lowest BCUT2D eigenvalue weighted by atomic mass is 9.86. The molecule has 0 spiro atoms. The summed E-state index contributed by atoms with van der Waals surface area (Å²) in [6.45, 7) is 6.45. The molecule has 2 rings (SSSR count). The zero-order chi connectivity index (χ0) is 9.64. The van der Waals surface area contributed by atoms with E-state index in [4.69, 9.17) is 0 Å². The van der Waals surface area contributed by atoms with Gasteiger partial charge in [-0.1, -0.05) is 19.9 Å². The first-order valence-corrected chi connectivity index (χ1v) is 5.13. The second-order valence-corrected chi connectivity index (χ2v) is 5.29. The molecule has 0 saturated heterocycles. The van der Waals surface area contributed by atoms with E-state index in [9.17, 15) is 0 Å². The molecule has 3 heteroatoms. The highest BCUT2D eigenvalue weighted by Crippen LogP contribution is 2.41. The lowest BCUT2D eigenvalue weighted by molar-refractivity contribution is 0.618. The van der Waals surface area contributed by atoms with Gasteiger partial charge >= 0.3 is 0 Å². The Balaban J connectivity index is 2.53. The first-order chi connectivity index (χ1) is 6.00. The van der Waals surface area contributed by atoms with Gasteiger partial charge in [0, 0.05) is 16.8 Å². The lowest BCUT2D eigenvalue weighted by Gasteiger charge is -2.30. The molecule has 3 atom stereocenters. The van der Waals surface area contributed by atoms with Crippen LogP contribution in [-0.4, -0.2) is 15.1 Å². The monoisotopic (exact) mass is 194 g/mol. The third kappa shape index (κ3) is 1.34. The summed E-state index contributed by atoms with van der Waals surface area (Å²) in [4.78, 5) is 7.74. The van der Waals surface area contributed by atoms with Gasteiger partial charge in [-0.15, -0.1) is 9.24 Å². The molecule has 0 aliphatic heterocycles. The van der Waals surface area contributed by atoms with Gasteiger partial charge in [0.2, 0.25) is 0 Å². The highest BCUT2D eigenvalue weighted by atomic mass is 31.0. The molecule has 0 fully saturated rings. The van der Waals surface area contributed by atoms with Crippen LogP contribution in [0.3, 0.4) is 0 Å². The zero-order valence-corrected chi connectivity index (χ0v) is 9.41. The lowest BCUT2D eigenvalue weighted by Crippen LogP contribution is -2.24. The quantitative estimate of drug-likeness (QED) is 0.631. The van der Waals surface area contributed by atoms with Crippen LogP contribution < -0.4 is 0 Å². The molecule has 1 heterocycles. The SMILES string of the molecule is Cc1nc2c([nH]1)C(C)C(C)(P)C=C2. The van der Waals surface area contributed by atoms with E-state index >= 15 is 0 Å². The number of aromatic nitrogens is 2. The zero-order valence-electron chi connectivity index (χ0n) is 8.26. The normalized spacial score (nSPS) is 31.8. The second-order valence-electron chi connectivity index (χ2n) is 4.04. The van der Waals surface area contributed by atoms with Crippen molar-refractivity contribution in [2.24, 2.45) is 0 Å². The molecule has 70 valence electrons. The summed E-state index contributed by atoms with van der Waals surface area (Å²) in [5.41, 5.74) is 2.36. The molecule has 1 N–H and O–H groups in total. The third-order valence-electron chi connectivity index (χ3n) is 2.85. The molecule has 0 radical (unpaired) electrons. The van der Waals surface area contributed by atoms with E-state index in [1.165, 1.54) is 5.69 Å². The van der Waals surface area contributed by atoms with E-state index in [0.717, 1.165) is 11.5 Å². The summed E-state index contributed by atoms with van der Waals surface area (Å²) in [5, 5.41) is 0.159. The summed E-state index contributed by atoms with van der Waals surface area (Å²) in [6.07, 6.45) is 4.32. The number of nitrogens with zero attached hydrogens (tertiary/aromatic N) is 1. The molecule has 13 heavy (non-hydrogen) atoms. The van der Waals surface area contributed by atoms with Crippen LogP contribution in [0.5, 0.6) is 0 Å². The van der Waals surface area contributed by atoms with Crippen molar-refractivity contribution < 1.29 is 0 Å². The van der Waals surface area contributed by atoms with Crippen LogP contribution in [-0.2, 0) is 0 Å². The maximum atomic E-state index is 4.42. The topological polar surface area (TPSA) is 28.7 Å². The maximum Gasteiger partial charge on any atom is 0.103 e. The highest BCUT2D eigenvalue weighted by molar-refractivity contribution is 7.19. The van der Waals surface area contributed by atoms with Gasteiger partial charge < -0.3 is 4.98 Å². The smallest absolute Gasteiger partial charge is 0.103 e. The van der Waals surface area contributed by atoms with E-state index in [1.807, 2.05) is 6.92 Å². The Hall–Kier alpha value is -0.620. The number of fused-ring (bicyclic) bond motifs is 1. The minimum atomic E-state index is 0.159. The molecule has 2 nitrogen and oxygen atoms in total. The Kier molecular flexibility index (Phi) is 1.85. The molecule has 3 unspecified atom stereocenters. The minimum Gasteiger partial charge on any atom is -0.345 e. The second kappa shape index (κ2) is 2.68. The van der Waals surface area contributed by atoms with Crippen molar-refractivity contribution in [3.05, 3.63) is 23.3 Å². The first kappa shape index (κ1) is 8.96. The molecular formula is C10H15N2P. The number of rotatable bonds is 0. The summed E-state index contributed by atoms with van der Waals surface area (Å²) in [5.74, 6) is 1.49. The third-order valence-corrected chi connectivity index (χ3v) is 3.54. The van der Waals surface area contributed by atoms with Gasteiger partial charge in [0.1, 0.15) is 5.82 Å². The van der Waals surface area contributed by atoms with Crippen LogP contribution in [0, 0.1) is 6.92 Å². The number of hydrogen-bond acceptors (Lipinski definition) is 1. The van der Waals surface area contributed by atoms with Gasteiger partial charge in [-0.3, -0.25) is 0 Å². The van der Waals surface area contributed by atoms with Crippen molar-refractivity contribution in [3.63, 3.8) is 0 Å². The largest absolute Gasteiger partial charge is 0.345 e. The Morgan fingerprint density at radius 1 is 1.62 bits per heavy atom. The summed E-state index contributed by atoms with van der Waals surface area (Å²) < 4.78 is 0. The Bertz CT molecular complexity index is 363. The first-order valence-electron chi connectivity index (χ1n) is 4.55. The fourth-order valence-electron chi connectivity index (χ4n) is 1.70. The standard InChI is InChI=1S/C10H15N2P/c1-6-9-8(11-7(2)12-9)4-5-10(6,3)13/h4-6H,13H2,1-3H3,(H,11,12). The number of H-pyrrole nitrogens is 1. The molecule has 0 saturated carbocycles. The van der Waals surface area contributed by atoms with Crippen molar-refractivity contribution in [1.82, 2.24) is 9.97 Å². The predicted octanol–water partition coefficient (Wildman–Crippen LogP) is 2.48. The van der Waals surface area contributed by atoms with Crippen molar-refractivity contribution >= 4 is 15.3 Å². The van der Waals surface area contributed by atoms with Crippen LogP contribution in [0.15, 0.2) is 6.08 Å². The van der Waals surface area contributed by atoms with Crippen molar-refractivity contribution in [3.8, 4) is 0 Å². The molecule has 1 aliphatic rings. The molecule has 0 bridgehead atoms. The van der Waals surface area contributed by atoms with E-state index in [2.05, 4.69) is 45.2 Å². The molecule has 0 aromatic carbocycles. The summed E-state index contributed by atoms with van der Waals surface area (Å²) in [6, 6.07) is 0. The molecule has 1 aromatic heterocycles. The van der Waals surface area contributed by atoms with Crippen LogP contribution in [0.1, 0.15) is 37.0 Å². The van der Waals surface area contributed by atoms with Gasteiger partial charge in [0.15, 0.2) is 0 Å². The number of hydrogen-bond donors (Lipinski definition) is 1. The van der Waals surface area contributed by atoms with Crippen LogP contribution >= 0.6 is 9.24 Å². The number of aryl methyl sites for hydroxylation is 1. The predicted molar refractivity (Wildman–Crippen MR) is 58.9 cm³/mol. The van der Waals surface area contributed by atoms with Crippen LogP contribution in [0.25, 0.3) is 6.08 Å². The fourth-order valence-corrected chi connectivity index (χ4v) is 1.96. The van der Waals surface area contributed by atoms with E-state index in [1.54, 1.807) is 0 Å². The average Bonchev–Trinajstić information content (AvgIpc) is 2.40. The van der Waals surface area contributed by atoms with Gasteiger partial charge in [-0.05, 0) is 13.0 Å². The average molecular weight is 194 g/mol. The number of imidazole rings is 1. The number of aromatic amines is 1. The van der Waals surface area contributed by atoms with Gasteiger partial charge in [-0.2, -0.15) is 0 Å². The van der Waals surface area contributed by atoms with Crippen molar-refractivity contribution in [1.29, 1.82) is 0 Å². The highest BCUT2D eigenvalue weighted by Gasteiger charge is 2.31. The number of nitrogens with one attached hydrogen (secondary N) is 1. The van der Waals surface area contributed by atoms with Crippen molar-refractivity contribution in [2.75, 3.05) is 0 Å². The molecule has 0 amide bonds. The molecule has 1 aromatic rings.